The van der Waals surface area contributed by atoms with E-state index in [1.54, 1.807) is 43.4 Å². The van der Waals surface area contributed by atoms with Gasteiger partial charge in [0, 0.05) is 19.2 Å². The molecule has 0 saturated heterocycles. The molecule has 0 unspecified atom stereocenters. The van der Waals surface area contributed by atoms with Crippen LogP contribution in [0.1, 0.15) is 0 Å². The van der Waals surface area contributed by atoms with E-state index in [1.165, 1.54) is 9.20 Å². The summed E-state index contributed by atoms with van der Waals surface area (Å²) < 4.78 is 2.62. The molecule has 8 nitrogen and oxygen atoms in total. The summed E-state index contributed by atoms with van der Waals surface area (Å²) in [6, 6.07) is 8.88. The molecule has 0 amide bonds. The van der Waals surface area contributed by atoms with Gasteiger partial charge in [0.2, 0.25) is 5.88 Å². The number of hydrazone groups is 1. The average molecular weight is 299 g/mol. The topological polar surface area (TPSA) is 89.5 Å². The van der Waals surface area contributed by atoms with Gasteiger partial charge < -0.3 is 5.11 Å². The Bertz CT molecular complexity index is 910. The van der Waals surface area contributed by atoms with E-state index in [-0.39, 0.29) is 23.2 Å². The Morgan fingerprint density at radius 3 is 2.64 bits per heavy atom. The van der Waals surface area contributed by atoms with Crippen LogP contribution in [0.15, 0.2) is 35.1 Å². The van der Waals surface area contributed by atoms with Crippen LogP contribution >= 0.6 is 0 Å². The Morgan fingerprint density at radius 1 is 1.32 bits per heavy atom. The van der Waals surface area contributed by atoms with Crippen molar-refractivity contribution in [2.75, 3.05) is 14.1 Å². The molecule has 1 aromatic carbocycles. The Kier molecular flexibility index (Phi) is 3.13. The van der Waals surface area contributed by atoms with Crippen LogP contribution < -0.4 is 5.56 Å². The predicted molar refractivity (Wildman–Crippen MR) is 81.4 cm³/mol. The molecule has 0 saturated carbocycles. The molecule has 8 heteroatoms. The lowest BCUT2D eigenvalue weighted by molar-refractivity contribution is -0.607. The average Bonchev–Trinajstić information content (AvgIpc) is 2.91. The van der Waals surface area contributed by atoms with Gasteiger partial charge in [-0.15, -0.1) is 4.68 Å². The Morgan fingerprint density at radius 2 is 2.00 bits per heavy atom. The predicted octanol–water partition coefficient (Wildman–Crippen LogP) is 0.611. The number of hydrogen-bond donors (Lipinski definition) is 2. The summed E-state index contributed by atoms with van der Waals surface area (Å²) >= 11 is 0. The molecule has 0 spiro atoms. The highest BCUT2D eigenvalue weighted by atomic mass is 16.3. The van der Waals surface area contributed by atoms with E-state index in [0.29, 0.717) is 5.56 Å². The SMILES string of the molecule is C=[N+](c1nc2[nH]c(=O)c(-c3ccccc3)c(O)n2n1)N(C)C. The van der Waals surface area contributed by atoms with Crippen molar-refractivity contribution >= 4 is 18.4 Å². The van der Waals surface area contributed by atoms with Crippen molar-refractivity contribution in [3.8, 4) is 17.0 Å². The molecule has 0 radical (unpaired) electrons. The first kappa shape index (κ1) is 13.8. The van der Waals surface area contributed by atoms with E-state index in [2.05, 4.69) is 21.8 Å². The molecule has 2 heterocycles. The lowest BCUT2D eigenvalue weighted by Gasteiger charge is -2.08. The van der Waals surface area contributed by atoms with E-state index in [0.717, 1.165) is 0 Å². The molecule has 0 aliphatic rings. The van der Waals surface area contributed by atoms with Gasteiger partial charge in [0.1, 0.15) is 5.56 Å². The van der Waals surface area contributed by atoms with E-state index >= 15 is 0 Å². The number of aromatic amines is 1. The molecule has 0 aliphatic heterocycles. The molecule has 2 aromatic heterocycles. The number of H-pyrrole nitrogens is 1. The first-order chi connectivity index (χ1) is 10.5. The van der Waals surface area contributed by atoms with Gasteiger partial charge in [-0.25, -0.2) is 0 Å². The van der Waals surface area contributed by atoms with Gasteiger partial charge in [-0.3, -0.25) is 14.8 Å². The monoisotopic (exact) mass is 299 g/mol. The summed E-state index contributed by atoms with van der Waals surface area (Å²) in [5, 5.41) is 16.2. The minimum absolute atomic E-state index is 0.144. The van der Waals surface area contributed by atoms with Gasteiger partial charge >= 0.3 is 11.7 Å². The minimum atomic E-state index is -0.435. The van der Waals surface area contributed by atoms with Gasteiger partial charge in [-0.1, -0.05) is 34.8 Å². The van der Waals surface area contributed by atoms with Crippen molar-refractivity contribution in [3.05, 3.63) is 40.7 Å². The summed E-state index contributed by atoms with van der Waals surface area (Å²) in [7, 11) is 3.55. The summed E-state index contributed by atoms with van der Waals surface area (Å²) in [5.74, 6) is 0.129. The molecule has 3 rings (SSSR count). The molecule has 0 atom stereocenters. The van der Waals surface area contributed by atoms with Crippen LogP contribution in [0, 0.1) is 0 Å². The number of nitrogens with zero attached hydrogens (tertiary/aromatic N) is 5. The third kappa shape index (κ3) is 2.10. The summed E-state index contributed by atoms with van der Waals surface area (Å²) in [4.78, 5) is 19.0. The number of hydrogen-bond acceptors (Lipinski definition) is 5. The van der Waals surface area contributed by atoms with Gasteiger partial charge in [-0.2, -0.15) is 0 Å². The Labute approximate surface area is 125 Å². The second-order valence-corrected chi connectivity index (χ2v) is 4.91. The van der Waals surface area contributed by atoms with E-state index in [4.69, 9.17) is 0 Å². The van der Waals surface area contributed by atoms with Crippen LogP contribution in [-0.4, -0.2) is 55.2 Å². The normalized spacial score (nSPS) is 10.8. The fourth-order valence-corrected chi connectivity index (χ4v) is 2.05. The van der Waals surface area contributed by atoms with Crippen LogP contribution in [-0.2, 0) is 0 Å². The summed E-state index contributed by atoms with van der Waals surface area (Å²) in [6.45, 7) is 3.78. The van der Waals surface area contributed by atoms with Crippen LogP contribution in [0.2, 0.25) is 0 Å². The number of rotatable bonds is 3. The largest absolute Gasteiger partial charge is 0.492 e. The second-order valence-electron chi connectivity index (χ2n) is 4.91. The Balaban J connectivity index is 2.25. The summed E-state index contributed by atoms with van der Waals surface area (Å²) in [6.07, 6.45) is 0. The van der Waals surface area contributed by atoms with Gasteiger partial charge in [-0.05, 0) is 10.5 Å². The molecular formula is C14H15N6O2+. The van der Waals surface area contributed by atoms with E-state index in [9.17, 15) is 9.90 Å². The number of aromatic nitrogens is 4. The third-order valence-electron chi connectivity index (χ3n) is 3.25. The maximum Gasteiger partial charge on any atom is 0.479 e. The molecule has 3 aromatic rings. The lowest BCUT2D eigenvalue weighted by Crippen LogP contribution is -2.22. The maximum atomic E-state index is 12.2. The van der Waals surface area contributed by atoms with Crippen LogP contribution in [0.5, 0.6) is 5.88 Å². The van der Waals surface area contributed by atoms with Crippen molar-refractivity contribution in [2.24, 2.45) is 0 Å². The smallest absolute Gasteiger partial charge is 0.479 e. The van der Waals surface area contributed by atoms with Gasteiger partial charge in [0.15, 0.2) is 0 Å². The zero-order valence-corrected chi connectivity index (χ0v) is 12.2. The van der Waals surface area contributed by atoms with Crippen molar-refractivity contribution in [3.63, 3.8) is 0 Å². The van der Waals surface area contributed by atoms with Crippen molar-refractivity contribution < 1.29 is 9.79 Å². The number of fused-ring (bicyclic) bond motifs is 1. The molecule has 112 valence electrons. The van der Waals surface area contributed by atoms with Crippen molar-refractivity contribution in [2.45, 2.75) is 0 Å². The quantitative estimate of drug-likeness (QED) is 0.420. The van der Waals surface area contributed by atoms with Gasteiger partial charge in [0.05, 0.1) is 6.72 Å². The van der Waals surface area contributed by atoms with Crippen LogP contribution in [0.4, 0.5) is 5.95 Å². The number of aromatic hydroxyl groups is 1. The maximum absolute atomic E-state index is 12.2. The number of hydrazine groups is 1. The molecule has 0 aliphatic carbocycles. The standard InChI is InChI=1S/C14H14N6O2/c1-18(2)19(3)14-16-13-15-11(21)10(12(22)20(13)17-14)9-7-5-4-6-8-9/h4-8H,3H2,1-2H3,(H-,15,16,17,21,22)/p+1. The number of nitrogens with one attached hydrogen (secondary N) is 1. The molecule has 0 fully saturated rings. The fourth-order valence-electron chi connectivity index (χ4n) is 2.05. The minimum Gasteiger partial charge on any atom is -0.492 e. The molecular weight excluding hydrogens is 284 g/mol. The van der Waals surface area contributed by atoms with Crippen molar-refractivity contribution in [1.29, 1.82) is 0 Å². The van der Waals surface area contributed by atoms with Crippen LogP contribution in [0.25, 0.3) is 16.9 Å². The third-order valence-corrected chi connectivity index (χ3v) is 3.25. The second kappa shape index (κ2) is 4.99. The zero-order chi connectivity index (χ0) is 15.9. The molecule has 2 N–H and O–H groups in total. The van der Waals surface area contributed by atoms with Gasteiger partial charge in [0.25, 0.3) is 5.56 Å². The number of benzene rings is 1. The summed E-state index contributed by atoms with van der Waals surface area (Å²) in [5.41, 5.74) is 0.305. The fraction of sp³-hybridized carbons (Fsp3) is 0.143. The highest BCUT2D eigenvalue weighted by Gasteiger charge is 2.24. The highest BCUT2D eigenvalue weighted by Crippen LogP contribution is 2.25. The van der Waals surface area contributed by atoms with E-state index < -0.39 is 5.56 Å². The first-order valence-corrected chi connectivity index (χ1v) is 6.54. The van der Waals surface area contributed by atoms with E-state index in [1.807, 2.05) is 6.07 Å². The lowest BCUT2D eigenvalue weighted by atomic mass is 10.1. The highest BCUT2D eigenvalue weighted by molar-refractivity contribution is 5.68. The first-order valence-electron chi connectivity index (χ1n) is 6.54. The van der Waals surface area contributed by atoms with Crippen LogP contribution in [0.3, 0.4) is 0 Å². The molecule has 22 heavy (non-hydrogen) atoms. The Hall–Kier alpha value is -3.16. The van der Waals surface area contributed by atoms with Crippen molar-refractivity contribution in [1.82, 2.24) is 24.6 Å². The molecule has 0 bridgehead atoms. The zero-order valence-electron chi connectivity index (χ0n) is 12.2.